The Morgan fingerprint density at radius 1 is 1.33 bits per heavy atom. The monoisotopic (exact) mass is 312 g/mol. The van der Waals surface area contributed by atoms with E-state index in [1.165, 1.54) is 12.1 Å². The Balaban J connectivity index is 2.44. The zero-order valence-corrected chi connectivity index (χ0v) is 12.2. The second-order valence-corrected chi connectivity index (χ2v) is 6.04. The molecule has 0 atom stereocenters. The topological polar surface area (TPSA) is 78.3 Å². The SMILES string of the molecule is CCOC(=O)c1cn(S(=O)(=O)c2ccc(C)cc2)nc1F. The maximum absolute atomic E-state index is 13.6. The van der Waals surface area contributed by atoms with Gasteiger partial charge >= 0.3 is 5.97 Å². The maximum atomic E-state index is 13.6. The van der Waals surface area contributed by atoms with Crippen LogP contribution in [0.5, 0.6) is 0 Å². The van der Waals surface area contributed by atoms with Crippen LogP contribution < -0.4 is 0 Å². The Labute approximate surface area is 121 Å². The van der Waals surface area contributed by atoms with Crippen LogP contribution in [-0.4, -0.2) is 30.2 Å². The predicted molar refractivity (Wildman–Crippen MR) is 71.9 cm³/mol. The Kier molecular flexibility index (Phi) is 4.08. The third-order valence-corrected chi connectivity index (χ3v) is 4.26. The molecule has 0 radical (unpaired) electrons. The lowest BCUT2D eigenvalue weighted by Crippen LogP contribution is -2.13. The highest BCUT2D eigenvalue weighted by Crippen LogP contribution is 2.16. The van der Waals surface area contributed by atoms with Gasteiger partial charge in [0.05, 0.1) is 17.7 Å². The molecule has 0 fully saturated rings. The minimum absolute atomic E-state index is 0.0498. The van der Waals surface area contributed by atoms with Crippen molar-refractivity contribution in [1.82, 2.24) is 9.19 Å². The molecule has 0 aliphatic carbocycles. The zero-order chi connectivity index (χ0) is 15.6. The van der Waals surface area contributed by atoms with E-state index in [0.29, 0.717) is 4.09 Å². The smallest absolute Gasteiger partial charge is 0.344 e. The van der Waals surface area contributed by atoms with Crippen molar-refractivity contribution in [2.24, 2.45) is 0 Å². The van der Waals surface area contributed by atoms with Gasteiger partial charge in [0.25, 0.3) is 10.0 Å². The van der Waals surface area contributed by atoms with Gasteiger partial charge in [0, 0.05) is 0 Å². The van der Waals surface area contributed by atoms with Crippen molar-refractivity contribution < 1.29 is 22.3 Å². The summed E-state index contributed by atoms with van der Waals surface area (Å²) in [6.45, 7) is 3.42. The molecule has 0 bridgehead atoms. The van der Waals surface area contributed by atoms with Gasteiger partial charge in [-0.1, -0.05) is 17.7 Å². The van der Waals surface area contributed by atoms with Gasteiger partial charge in [-0.05, 0) is 26.0 Å². The molecule has 2 aromatic rings. The summed E-state index contributed by atoms with van der Waals surface area (Å²) in [5.74, 6) is -2.15. The first-order valence-electron chi connectivity index (χ1n) is 6.10. The molecule has 1 aromatic heterocycles. The number of aryl methyl sites for hydroxylation is 1. The molecule has 0 spiro atoms. The molecule has 8 heteroatoms. The van der Waals surface area contributed by atoms with E-state index in [-0.39, 0.29) is 11.5 Å². The summed E-state index contributed by atoms with van der Waals surface area (Å²) >= 11 is 0. The fourth-order valence-corrected chi connectivity index (χ4v) is 2.74. The van der Waals surface area contributed by atoms with E-state index in [2.05, 4.69) is 9.84 Å². The number of carbonyl (C=O) groups is 1. The largest absolute Gasteiger partial charge is 0.462 e. The van der Waals surface area contributed by atoms with Crippen molar-refractivity contribution >= 4 is 16.0 Å². The molecular formula is C13H13FN2O4S. The molecule has 0 amide bonds. The number of aromatic nitrogens is 2. The van der Waals surface area contributed by atoms with Gasteiger partial charge in [-0.25, -0.2) is 4.79 Å². The zero-order valence-electron chi connectivity index (χ0n) is 11.4. The summed E-state index contributed by atoms with van der Waals surface area (Å²) in [6, 6.07) is 5.99. The Morgan fingerprint density at radius 3 is 2.52 bits per heavy atom. The first kappa shape index (κ1) is 15.2. The number of nitrogens with zero attached hydrogens (tertiary/aromatic N) is 2. The predicted octanol–water partition coefficient (Wildman–Crippen LogP) is 1.74. The van der Waals surface area contributed by atoms with Gasteiger partial charge in [-0.3, -0.25) is 0 Å². The summed E-state index contributed by atoms with van der Waals surface area (Å²) in [6.07, 6.45) is 0.808. The molecule has 0 aliphatic rings. The van der Waals surface area contributed by atoms with Gasteiger partial charge in [0.15, 0.2) is 0 Å². The molecular weight excluding hydrogens is 299 g/mol. The van der Waals surface area contributed by atoms with Crippen LogP contribution in [0.4, 0.5) is 4.39 Å². The number of benzene rings is 1. The highest BCUT2D eigenvalue weighted by atomic mass is 32.2. The number of carbonyl (C=O) groups excluding carboxylic acids is 1. The Hall–Kier alpha value is -2.22. The van der Waals surface area contributed by atoms with Crippen LogP contribution in [-0.2, 0) is 14.8 Å². The second kappa shape index (κ2) is 5.65. The molecule has 1 heterocycles. The molecule has 0 saturated heterocycles. The molecule has 0 unspecified atom stereocenters. The minimum Gasteiger partial charge on any atom is -0.462 e. The first-order valence-corrected chi connectivity index (χ1v) is 7.54. The third kappa shape index (κ3) is 2.94. The molecule has 112 valence electrons. The number of ether oxygens (including phenoxy) is 1. The van der Waals surface area contributed by atoms with Crippen LogP contribution in [0.25, 0.3) is 0 Å². The highest BCUT2D eigenvalue weighted by Gasteiger charge is 2.24. The third-order valence-electron chi connectivity index (χ3n) is 2.71. The Bertz CT molecular complexity index is 766. The van der Waals surface area contributed by atoms with Gasteiger partial charge in [-0.15, -0.1) is 5.10 Å². The van der Waals surface area contributed by atoms with Gasteiger partial charge in [0.1, 0.15) is 5.56 Å². The first-order chi connectivity index (χ1) is 9.86. The highest BCUT2D eigenvalue weighted by molar-refractivity contribution is 7.89. The average Bonchev–Trinajstić information content (AvgIpc) is 2.82. The van der Waals surface area contributed by atoms with E-state index >= 15 is 0 Å². The summed E-state index contributed by atoms with van der Waals surface area (Å²) in [5, 5.41) is 3.25. The van der Waals surface area contributed by atoms with Crippen LogP contribution in [0.3, 0.4) is 0 Å². The number of hydrogen-bond acceptors (Lipinski definition) is 5. The molecule has 6 nitrogen and oxygen atoms in total. The van der Waals surface area contributed by atoms with Crippen LogP contribution >= 0.6 is 0 Å². The van der Waals surface area contributed by atoms with Crippen LogP contribution in [0.1, 0.15) is 22.8 Å². The van der Waals surface area contributed by atoms with Crippen molar-refractivity contribution in [1.29, 1.82) is 0 Å². The van der Waals surface area contributed by atoms with E-state index in [9.17, 15) is 17.6 Å². The number of hydrogen-bond donors (Lipinski definition) is 0. The molecule has 0 aliphatic heterocycles. The summed E-state index contributed by atoms with van der Waals surface area (Å²) in [7, 11) is -4.05. The van der Waals surface area contributed by atoms with Crippen molar-refractivity contribution in [2.45, 2.75) is 18.7 Å². The lowest BCUT2D eigenvalue weighted by molar-refractivity contribution is 0.0521. The second-order valence-electron chi connectivity index (χ2n) is 4.24. The molecule has 0 N–H and O–H groups in total. The van der Waals surface area contributed by atoms with Gasteiger partial charge in [-0.2, -0.15) is 16.9 Å². The van der Waals surface area contributed by atoms with Crippen molar-refractivity contribution in [3.8, 4) is 0 Å². The van der Waals surface area contributed by atoms with E-state index in [0.717, 1.165) is 11.8 Å². The van der Waals surface area contributed by atoms with Gasteiger partial charge < -0.3 is 4.74 Å². The van der Waals surface area contributed by atoms with Crippen LogP contribution in [0, 0.1) is 12.9 Å². The fraction of sp³-hybridized carbons (Fsp3) is 0.231. The van der Waals surface area contributed by atoms with Crippen molar-refractivity contribution in [3.63, 3.8) is 0 Å². The molecule has 0 saturated carbocycles. The molecule has 2 rings (SSSR count). The van der Waals surface area contributed by atoms with Gasteiger partial charge in [0.2, 0.25) is 5.95 Å². The lowest BCUT2D eigenvalue weighted by atomic mass is 10.2. The fourth-order valence-electron chi connectivity index (χ4n) is 1.62. The molecule has 1 aromatic carbocycles. The van der Waals surface area contributed by atoms with E-state index in [1.54, 1.807) is 19.1 Å². The van der Waals surface area contributed by atoms with Crippen molar-refractivity contribution in [2.75, 3.05) is 6.61 Å². The average molecular weight is 312 g/mol. The number of esters is 1. The van der Waals surface area contributed by atoms with E-state index in [4.69, 9.17) is 0 Å². The summed E-state index contributed by atoms with van der Waals surface area (Å²) in [5.41, 5.74) is 0.361. The maximum Gasteiger partial charge on any atom is 0.344 e. The van der Waals surface area contributed by atoms with E-state index < -0.39 is 27.5 Å². The van der Waals surface area contributed by atoms with Crippen LogP contribution in [0.2, 0.25) is 0 Å². The normalized spacial score (nSPS) is 11.4. The van der Waals surface area contributed by atoms with Crippen molar-refractivity contribution in [3.05, 3.63) is 47.5 Å². The van der Waals surface area contributed by atoms with Crippen LogP contribution in [0.15, 0.2) is 35.4 Å². The molecule has 21 heavy (non-hydrogen) atoms. The number of halogens is 1. The summed E-state index contributed by atoms with van der Waals surface area (Å²) in [4.78, 5) is 11.4. The number of rotatable bonds is 4. The summed E-state index contributed by atoms with van der Waals surface area (Å²) < 4.78 is 43.2. The standard InChI is InChI=1S/C13H13FN2O4S/c1-3-20-13(17)11-8-16(15-12(11)14)21(18,19)10-6-4-9(2)5-7-10/h4-8H,3H2,1-2H3. The quantitative estimate of drug-likeness (QED) is 0.804. The Morgan fingerprint density at radius 2 is 1.95 bits per heavy atom. The lowest BCUT2D eigenvalue weighted by Gasteiger charge is -2.04. The minimum atomic E-state index is -4.05. The van der Waals surface area contributed by atoms with E-state index in [1.807, 2.05) is 6.92 Å².